The number of para-hydroxylation sites is 1. The van der Waals surface area contributed by atoms with E-state index in [1.165, 1.54) is 0 Å². The van der Waals surface area contributed by atoms with Gasteiger partial charge in [0, 0.05) is 20.1 Å². The summed E-state index contributed by atoms with van der Waals surface area (Å²) >= 11 is 0. The molecule has 0 saturated carbocycles. The molecule has 4 heteroatoms. The third-order valence-corrected chi connectivity index (χ3v) is 3.45. The van der Waals surface area contributed by atoms with E-state index in [2.05, 4.69) is 0 Å². The molecule has 2 rings (SSSR count). The molecule has 20 heavy (non-hydrogen) atoms. The Labute approximate surface area is 120 Å². The zero-order valence-corrected chi connectivity index (χ0v) is 12.0. The molecule has 1 unspecified atom stereocenters. The molecule has 0 bridgehead atoms. The lowest BCUT2D eigenvalue weighted by molar-refractivity contribution is 0.0854. The Morgan fingerprint density at radius 1 is 1.35 bits per heavy atom. The minimum absolute atomic E-state index is 0.119. The van der Waals surface area contributed by atoms with Crippen LogP contribution in [0.4, 0.5) is 0 Å². The Balaban J connectivity index is 1.90. The summed E-state index contributed by atoms with van der Waals surface area (Å²) in [6.45, 7) is 1.79. The van der Waals surface area contributed by atoms with E-state index in [0.717, 1.165) is 25.9 Å². The van der Waals surface area contributed by atoms with Crippen molar-refractivity contribution in [3.63, 3.8) is 0 Å². The van der Waals surface area contributed by atoms with Gasteiger partial charge in [0.25, 0.3) is 0 Å². The molecular formula is C16H22O4. The van der Waals surface area contributed by atoms with Crippen molar-refractivity contribution >= 4 is 5.78 Å². The van der Waals surface area contributed by atoms with Crippen LogP contribution in [0.25, 0.3) is 0 Å². The Bertz CT molecular complexity index is 424. The molecule has 0 aliphatic carbocycles. The maximum atomic E-state index is 12.3. The maximum absolute atomic E-state index is 12.3. The summed E-state index contributed by atoms with van der Waals surface area (Å²) in [6, 6.07) is 7.39. The first-order valence-electron chi connectivity index (χ1n) is 7.17. The second-order valence-electron chi connectivity index (χ2n) is 4.93. The van der Waals surface area contributed by atoms with Gasteiger partial charge in [-0.1, -0.05) is 12.1 Å². The molecule has 0 spiro atoms. The minimum Gasteiger partial charge on any atom is -0.490 e. The van der Waals surface area contributed by atoms with Gasteiger partial charge in [-0.05, 0) is 31.4 Å². The number of methoxy groups -OCH3 is 1. The molecular weight excluding hydrogens is 256 g/mol. The number of Topliss-reactive ketones (excluding diaryl/α,β-unsaturated/α-hetero) is 1. The lowest BCUT2D eigenvalue weighted by Gasteiger charge is -2.12. The van der Waals surface area contributed by atoms with Gasteiger partial charge in [0.15, 0.2) is 5.78 Å². The summed E-state index contributed by atoms with van der Waals surface area (Å²) in [5.41, 5.74) is 0.654. The highest BCUT2D eigenvalue weighted by atomic mass is 16.5. The molecule has 1 aliphatic heterocycles. The zero-order chi connectivity index (χ0) is 14.2. The number of ketones is 1. The van der Waals surface area contributed by atoms with Crippen molar-refractivity contribution in [2.75, 3.05) is 26.9 Å². The number of carbonyl (C=O) groups excluding carboxylic acids is 1. The van der Waals surface area contributed by atoms with E-state index in [-0.39, 0.29) is 11.9 Å². The largest absolute Gasteiger partial charge is 0.490 e. The van der Waals surface area contributed by atoms with Crippen molar-refractivity contribution in [1.29, 1.82) is 0 Å². The van der Waals surface area contributed by atoms with Crippen molar-refractivity contribution in [2.24, 2.45) is 0 Å². The fraction of sp³-hybridized carbons (Fsp3) is 0.562. The molecule has 0 amide bonds. The van der Waals surface area contributed by atoms with Gasteiger partial charge < -0.3 is 14.2 Å². The summed E-state index contributed by atoms with van der Waals surface area (Å²) in [6.07, 6.45) is 3.73. The van der Waals surface area contributed by atoms with Crippen LogP contribution in [0.15, 0.2) is 24.3 Å². The first kappa shape index (κ1) is 15.0. The number of benzene rings is 1. The first-order valence-corrected chi connectivity index (χ1v) is 7.17. The highest BCUT2D eigenvalue weighted by molar-refractivity contribution is 5.98. The van der Waals surface area contributed by atoms with Crippen LogP contribution in [0.1, 0.15) is 36.0 Å². The third-order valence-electron chi connectivity index (χ3n) is 3.45. The summed E-state index contributed by atoms with van der Waals surface area (Å²) in [5, 5.41) is 0. The average molecular weight is 278 g/mol. The van der Waals surface area contributed by atoms with Crippen LogP contribution in [0, 0.1) is 0 Å². The normalized spacial score (nSPS) is 18.1. The van der Waals surface area contributed by atoms with Gasteiger partial charge in [0.1, 0.15) is 12.4 Å². The number of ether oxygens (including phenoxy) is 3. The summed E-state index contributed by atoms with van der Waals surface area (Å²) in [4.78, 5) is 12.3. The van der Waals surface area contributed by atoms with Gasteiger partial charge in [-0.3, -0.25) is 4.79 Å². The molecule has 110 valence electrons. The van der Waals surface area contributed by atoms with Gasteiger partial charge in [0.2, 0.25) is 0 Å². The highest BCUT2D eigenvalue weighted by Gasteiger charge is 2.18. The second-order valence-corrected chi connectivity index (χ2v) is 4.93. The van der Waals surface area contributed by atoms with Crippen LogP contribution in [0.5, 0.6) is 5.75 Å². The molecule has 1 heterocycles. The van der Waals surface area contributed by atoms with Crippen molar-refractivity contribution in [1.82, 2.24) is 0 Å². The van der Waals surface area contributed by atoms with Crippen LogP contribution in [0.3, 0.4) is 0 Å². The fourth-order valence-corrected chi connectivity index (χ4v) is 2.36. The first-order chi connectivity index (χ1) is 9.81. The number of rotatable bonds is 8. The van der Waals surface area contributed by atoms with Crippen LogP contribution in [0.2, 0.25) is 0 Å². The Hall–Kier alpha value is -1.39. The van der Waals surface area contributed by atoms with Crippen molar-refractivity contribution < 1.29 is 19.0 Å². The van der Waals surface area contributed by atoms with Crippen molar-refractivity contribution in [3.05, 3.63) is 29.8 Å². The quantitative estimate of drug-likeness (QED) is 0.542. The molecule has 1 aliphatic rings. The Morgan fingerprint density at radius 3 is 2.95 bits per heavy atom. The summed E-state index contributed by atoms with van der Waals surface area (Å²) < 4.78 is 16.1. The monoisotopic (exact) mass is 278 g/mol. The molecule has 4 nitrogen and oxygen atoms in total. The predicted octanol–water partition coefficient (Wildman–Crippen LogP) is 2.85. The topological polar surface area (TPSA) is 44.8 Å². The van der Waals surface area contributed by atoms with Gasteiger partial charge in [-0.25, -0.2) is 0 Å². The number of carbonyl (C=O) groups is 1. The average Bonchev–Trinajstić information content (AvgIpc) is 2.99. The molecule has 0 N–H and O–H groups in total. The summed E-state index contributed by atoms with van der Waals surface area (Å²) in [5.74, 6) is 0.760. The molecule has 1 atom stereocenters. The Kier molecular flexibility index (Phi) is 6.02. The van der Waals surface area contributed by atoms with E-state index in [1.807, 2.05) is 24.3 Å². The SMILES string of the molecule is COCCOc1ccccc1C(=O)CCC1CCCO1. The van der Waals surface area contributed by atoms with E-state index in [1.54, 1.807) is 7.11 Å². The van der Waals surface area contributed by atoms with E-state index in [9.17, 15) is 4.79 Å². The van der Waals surface area contributed by atoms with Gasteiger partial charge in [0.05, 0.1) is 18.3 Å². The second kappa shape index (κ2) is 8.02. The van der Waals surface area contributed by atoms with Crippen LogP contribution in [-0.2, 0) is 9.47 Å². The van der Waals surface area contributed by atoms with E-state index in [4.69, 9.17) is 14.2 Å². The number of hydrogen-bond acceptors (Lipinski definition) is 4. The molecule has 1 saturated heterocycles. The van der Waals surface area contributed by atoms with Gasteiger partial charge in [-0.15, -0.1) is 0 Å². The van der Waals surface area contributed by atoms with Crippen LogP contribution in [-0.4, -0.2) is 38.8 Å². The van der Waals surface area contributed by atoms with Crippen molar-refractivity contribution in [2.45, 2.75) is 31.8 Å². The maximum Gasteiger partial charge on any atom is 0.166 e. The van der Waals surface area contributed by atoms with E-state index >= 15 is 0 Å². The summed E-state index contributed by atoms with van der Waals surface area (Å²) in [7, 11) is 1.63. The minimum atomic E-state index is 0.119. The molecule has 0 radical (unpaired) electrons. The predicted molar refractivity (Wildman–Crippen MR) is 76.4 cm³/mol. The van der Waals surface area contributed by atoms with E-state index < -0.39 is 0 Å². The molecule has 1 aromatic carbocycles. The third kappa shape index (κ3) is 4.32. The van der Waals surface area contributed by atoms with Crippen LogP contribution >= 0.6 is 0 Å². The van der Waals surface area contributed by atoms with E-state index in [0.29, 0.717) is 30.9 Å². The van der Waals surface area contributed by atoms with Gasteiger partial charge in [-0.2, -0.15) is 0 Å². The Morgan fingerprint density at radius 2 is 2.20 bits per heavy atom. The molecule has 1 fully saturated rings. The van der Waals surface area contributed by atoms with Crippen molar-refractivity contribution in [3.8, 4) is 5.75 Å². The van der Waals surface area contributed by atoms with Gasteiger partial charge >= 0.3 is 0 Å². The molecule has 0 aromatic heterocycles. The number of hydrogen-bond donors (Lipinski definition) is 0. The lowest BCUT2D eigenvalue weighted by Crippen LogP contribution is -2.11. The highest BCUT2D eigenvalue weighted by Crippen LogP contribution is 2.23. The zero-order valence-electron chi connectivity index (χ0n) is 12.0. The standard InChI is InChI=1S/C16H22O4/c1-18-11-12-20-16-7-3-2-6-14(16)15(17)9-8-13-5-4-10-19-13/h2-3,6-7,13H,4-5,8-12H2,1H3. The fourth-order valence-electron chi connectivity index (χ4n) is 2.36. The smallest absolute Gasteiger partial charge is 0.166 e. The molecule has 1 aromatic rings. The van der Waals surface area contributed by atoms with Crippen LogP contribution < -0.4 is 4.74 Å². The lowest BCUT2D eigenvalue weighted by atomic mass is 10.0.